The monoisotopic (exact) mass is 441 g/mol. The zero-order valence-corrected chi connectivity index (χ0v) is 19.8. The SMILES string of the molecule is CCCC(C)c1cccc(C(OC)C(=O)CCCN=Cc2cc(OC)c(O)c(OC)c2)c1. The van der Waals surface area contributed by atoms with Gasteiger partial charge in [-0.1, -0.05) is 44.5 Å². The lowest BCUT2D eigenvalue weighted by atomic mass is 9.92. The maximum absolute atomic E-state index is 12.8. The van der Waals surface area contributed by atoms with Gasteiger partial charge >= 0.3 is 0 Å². The number of ketones is 1. The van der Waals surface area contributed by atoms with Gasteiger partial charge in [-0.15, -0.1) is 0 Å². The van der Waals surface area contributed by atoms with Crippen molar-refractivity contribution >= 4 is 12.0 Å². The Morgan fingerprint density at radius 3 is 2.34 bits per heavy atom. The molecule has 0 radical (unpaired) electrons. The molecule has 6 heteroatoms. The number of aromatic hydroxyl groups is 1. The van der Waals surface area contributed by atoms with E-state index in [1.165, 1.54) is 19.8 Å². The number of rotatable bonds is 13. The van der Waals surface area contributed by atoms with Crippen molar-refractivity contribution < 1.29 is 24.1 Å². The van der Waals surface area contributed by atoms with Crippen molar-refractivity contribution in [3.8, 4) is 17.2 Å². The minimum absolute atomic E-state index is 0.0449. The highest BCUT2D eigenvalue weighted by Gasteiger charge is 2.20. The van der Waals surface area contributed by atoms with Crippen LogP contribution in [0.1, 0.15) is 68.2 Å². The van der Waals surface area contributed by atoms with E-state index in [2.05, 4.69) is 31.0 Å². The van der Waals surface area contributed by atoms with Crippen LogP contribution in [-0.2, 0) is 9.53 Å². The topological polar surface area (TPSA) is 77.4 Å². The van der Waals surface area contributed by atoms with Crippen molar-refractivity contribution in [1.82, 2.24) is 0 Å². The molecule has 1 N–H and O–H groups in total. The largest absolute Gasteiger partial charge is 0.502 e. The Morgan fingerprint density at radius 2 is 1.75 bits per heavy atom. The van der Waals surface area contributed by atoms with Gasteiger partial charge in [0.2, 0.25) is 5.75 Å². The Morgan fingerprint density at radius 1 is 1.09 bits per heavy atom. The lowest BCUT2D eigenvalue weighted by Gasteiger charge is -2.17. The van der Waals surface area contributed by atoms with Crippen LogP contribution in [0.2, 0.25) is 0 Å². The van der Waals surface area contributed by atoms with Gasteiger partial charge < -0.3 is 19.3 Å². The van der Waals surface area contributed by atoms with Gasteiger partial charge in [0.05, 0.1) is 14.2 Å². The van der Waals surface area contributed by atoms with Gasteiger partial charge in [0, 0.05) is 26.3 Å². The van der Waals surface area contributed by atoms with Crippen LogP contribution in [0.25, 0.3) is 0 Å². The van der Waals surface area contributed by atoms with Crippen LogP contribution in [0, 0.1) is 0 Å². The van der Waals surface area contributed by atoms with E-state index >= 15 is 0 Å². The van der Waals surface area contributed by atoms with E-state index in [0.29, 0.717) is 36.8 Å². The first-order chi connectivity index (χ1) is 15.4. The predicted molar refractivity (Wildman–Crippen MR) is 127 cm³/mol. The second-order valence-electron chi connectivity index (χ2n) is 7.85. The summed E-state index contributed by atoms with van der Waals surface area (Å²) in [6.45, 7) is 4.89. The zero-order valence-electron chi connectivity index (χ0n) is 19.8. The van der Waals surface area contributed by atoms with E-state index in [4.69, 9.17) is 14.2 Å². The summed E-state index contributed by atoms with van der Waals surface area (Å²) in [6.07, 6.45) is 4.37. The molecule has 0 heterocycles. The Bertz CT molecular complexity index is 884. The molecule has 0 spiro atoms. The molecule has 6 nitrogen and oxygen atoms in total. The number of phenolic OH excluding ortho intramolecular Hbond substituents is 1. The summed E-state index contributed by atoms with van der Waals surface area (Å²) in [5, 5.41) is 9.98. The molecule has 0 aromatic heterocycles. The molecule has 0 fully saturated rings. The molecule has 2 atom stereocenters. The van der Waals surface area contributed by atoms with Gasteiger partial charge in [-0.2, -0.15) is 0 Å². The number of benzene rings is 2. The Hall–Kier alpha value is -2.86. The first-order valence-corrected chi connectivity index (χ1v) is 11.0. The van der Waals surface area contributed by atoms with Crippen molar-refractivity contribution in [2.24, 2.45) is 4.99 Å². The number of carbonyl (C=O) groups excluding carboxylic acids is 1. The highest BCUT2D eigenvalue weighted by molar-refractivity contribution is 5.84. The summed E-state index contributed by atoms with van der Waals surface area (Å²) in [5.74, 6) is 1.10. The second kappa shape index (κ2) is 12.9. The average molecular weight is 442 g/mol. The lowest BCUT2D eigenvalue weighted by Crippen LogP contribution is -2.15. The van der Waals surface area contributed by atoms with Crippen molar-refractivity contribution in [3.63, 3.8) is 0 Å². The molecule has 0 saturated carbocycles. The third kappa shape index (κ3) is 6.82. The molecule has 2 aromatic rings. The molecule has 2 unspecified atom stereocenters. The van der Waals surface area contributed by atoms with E-state index in [9.17, 15) is 9.90 Å². The van der Waals surface area contributed by atoms with Gasteiger partial charge in [-0.3, -0.25) is 9.79 Å². The van der Waals surface area contributed by atoms with Gasteiger partial charge in [0.1, 0.15) is 6.10 Å². The molecule has 0 aliphatic carbocycles. The molecule has 0 amide bonds. The number of methoxy groups -OCH3 is 3. The first-order valence-electron chi connectivity index (χ1n) is 11.0. The summed E-state index contributed by atoms with van der Waals surface area (Å²) in [7, 11) is 4.54. The molecule has 0 bridgehead atoms. The number of hydrogen-bond donors (Lipinski definition) is 1. The fourth-order valence-electron chi connectivity index (χ4n) is 3.72. The third-order valence-corrected chi connectivity index (χ3v) is 5.49. The van der Waals surface area contributed by atoms with E-state index in [1.807, 2.05) is 12.1 Å². The highest BCUT2D eigenvalue weighted by atomic mass is 16.5. The molecule has 0 saturated heterocycles. The average Bonchev–Trinajstić information content (AvgIpc) is 2.80. The maximum Gasteiger partial charge on any atom is 0.200 e. The molecule has 2 rings (SSSR count). The fraction of sp³-hybridized carbons (Fsp3) is 0.462. The second-order valence-corrected chi connectivity index (χ2v) is 7.85. The smallest absolute Gasteiger partial charge is 0.200 e. The van der Waals surface area contributed by atoms with Crippen molar-refractivity contribution in [2.75, 3.05) is 27.9 Å². The molecule has 174 valence electrons. The number of hydrogen-bond acceptors (Lipinski definition) is 6. The standard InChI is InChI=1S/C26H35NO5/c1-6-9-18(2)20-10-7-11-21(16-20)26(32-5)22(28)12-8-13-27-17-19-14-23(30-3)25(29)24(15-19)31-4/h7,10-11,14-18,26,29H,6,8-9,12-13H2,1-5H3. The van der Waals surface area contributed by atoms with E-state index < -0.39 is 6.10 Å². The number of ether oxygens (including phenoxy) is 3. The molecule has 0 aliphatic heterocycles. The number of aliphatic imine (C=N–C) groups is 1. The van der Waals surface area contributed by atoms with Crippen LogP contribution in [0.15, 0.2) is 41.4 Å². The van der Waals surface area contributed by atoms with Gasteiger partial charge in [0.15, 0.2) is 17.3 Å². The molecule has 0 aliphatic rings. The summed E-state index contributed by atoms with van der Waals surface area (Å²) in [4.78, 5) is 17.2. The first kappa shape index (κ1) is 25.4. The Kier molecular flexibility index (Phi) is 10.2. The predicted octanol–water partition coefficient (Wildman–Crippen LogP) is 5.47. The molecular weight excluding hydrogens is 406 g/mol. The minimum Gasteiger partial charge on any atom is -0.502 e. The highest BCUT2D eigenvalue weighted by Crippen LogP contribution is 2.36. The van der Waals surface area contributed by atoms with Crippen molar-refractivity contribution in [2.45, 2.75) is 51.6 Å². The van der Waals surface area contributed by atoms with Crippen molar-refractivity contribution in [3.05, 3.63) is 53.1 Å². The Balaban J connectivity index is 1.95. The normalized spacial score (nSPS) is 13.2. The zero-order chi connectivity index (χ0) is 23.5. The fourth-order valence-corrected chi connectivity index (χ4v) is 3.72. The minimum atomic E-state index is -0.557. The van der Waals surface area contributed by atoms with Crippen LogP contribution in [0.3, 0.4) is 0 Å². The van der Waals surface area contributed by atoms with Crippen LogP contribution >= 0.6 is 0 Å². The summed E-state index contributed by atoms with van der Waals surface area (Å²) < 4.78 is 15.9. The Labute approximate surface area is 191 Å². The third-order valence-electron chi connectivity index (χ3n) is 5.49. The van der Waals surface area contributed by atoms with Gasteiger partial charge in [-0.25, -0.2) is 0 Å². The summed E-state index contributed by atoms with van der Waals surface area (Å²) in [5.41, 5.74) is 2.89. The summed E-state index contributed by atoms with van der Waals surface area (Å²) in [6, 6.07) is 11.5. The molecule has 2 aromatic carbocycles. The number of carbonyl (C=O) groups is 1. The van der Waals surface area contributed by atoms with E-state index in [1.54, 1.807) is 25.5 Å². The lowest BCUT2D eigenvalue weighted by molar-refractivity contribution is -0.129. The summed E-state index contributed by atoms with van der Waals surface area (Å²) >= 11 is 0. The van der Waals surface area contributed by atoms with Crippen LogP contribution in [0.5, 0.6) is 17.2 Å². The maximum atomic E-state index is 12.8. The van der Waals surface area contributed by atoms with Crippen LogP contribution in [0.4, 0.5) is 0 Å². The quantitative estimate of drug-likeness (QED) is 0.329. The van der Waals surface area contributed by atoms with Crippen molar-refractivity contribution in [1.29, 1.82) is 0 Å². The number of Topliss-reactive ketones (excluding diaryl/α,β-unsaturated/α-hetero) is 1. The van der Waals surface area contributed by atoms with Gasteiger partial charge in [0.25, 0.3) is 0 Å². The molecular formula is C26H35NO5. The van der Waals surface area contributed by atoms with E-state index in [-0.39, 0.29) is 11.5 Å². The number of nitrogens with zero attached hydrogens (tertiary/aromatic N) is 1. The molecule has 32 heavy (non-hydrogen) atoms. The van der Waals surface area contributed by atoms with E-state index in [0.717, 1.165) is 24.0 Å². The van der Waals surface area contributed by atoms with Crippen LogP contribution < -0.4 is 9.47 Å². The number of phenols is 1. The van der Waals surface area contributed by atoms with Gasteiger partial charge in [-0.05, 0) is 47.6 Å². The van der Waals surface area contributed by atoms with Crippen LogP contribution in [-0.4, -0.2) is 45.0 Å².